The van der Waals surface area contributed by atoms with E-state index in [9.17, 15) is 23.5 Å². The summed E-state index contributed by atoms with van der Waals surface area (Å²) in [5, 5.41) is 27.0. The van der Waals surface area contributed by atoms with Gasteiger partial charge in [-0.2, -0.15) is 23.5 Å². The monoisotopic (exact) mass is 613 g/mol. The molecule has 4 aromatic rings. The largest absolute Gasteiger partial charge is 0.474 e. The first kappa shape index (κ1) is 32.8. The van der Waals surface area contributed by atoms with Gasteiger partial charge in [-0.1, -0.05) is 0 Å². The summed E-state index contributed by atoms with van der Waals surface area (Å²) < 4.78 is 48.5. The van der Waals surface area contributed by atoms with E-state index in [1.165, 1.54) is 12.4 Å². The average Bonchev–Trinajstić information content (AvgIpc) is 3.65. The first-order valence-corrected chi connectivity index (χ1v) is 14.7. The molecule has 0 aliphatic heterocycles. The molecule has 44 heavy (non-hydrogen) atoms. The SMILES string of the molecule is C[C@@H](O)CNCc1cc(OC(CCN)CCC[C@@H](CCC#N)Cn2cc(-c3ncnc4[nH]ccc34)cn2)nc(C(F)(F)F)c1. The number of rotatable bonds is 17. The number of hydrogen-bond acceptors (Lipinski definition) is 9. The number of aromatic amines is 1. The summed E-state index contributed by atoms with van der Waals surface area (Å²) in [5.41, 5.74) is 7.51. The standard InChI is InChI=1S/C30H38F3N9O2/c1-20(43)14-36-15-22-12-26(30(31,32)33)41-27(13-22)44-24(7-10-35)6-2-4-21(5-3-9-34)17-42-18-23(16-40-42)28-25-8-11-37-29(25)39-19-38-28/h8,11-13,16,18-21,24,36,43H,2-7,10,14-15,17,35H2,1H3,(H,37,38,39)/t20-,21+,24?/m1/s1. The van der Waals surface area contributed by atoms with Gasteiger partial charge in [0.15, 0.2) is 0 Å². The van der Waals surface area contributed by atoms with Crippen LogP contribution in [0.5, 0.6) is 5.88 Å². The lowest BCUT2D eigenvalue weighted by atomic mass is 9.95. The summed E-state index contributed by atoms with van der Waals surface area (Å²) in [6, 6.07) is 6.60. The highest BCUT2D eigenvalue weighted by Gasteiger charge is 2.33. The average molecular weight is 614 g/mol. The molecule has 3 atom stereocenters. The van der Waals surface area contributed by atoms with Crippen molar-refractivity contribution in [3.8, 4) is 23.2 Å². The summed E-state index contributed by atoms with van der Waals surface area (Å²) in [6.07, 6.45) is 4.89. The number of alkyl halides is 3. The van der Waals surface area contributed by atoms with Gasteiger partial charge in [0.2, 0.25) is 5.88 Å². The van der Waals surface area contributed by atoms with Crippen molar-refractivity contribution in [3.63, 3.8) is 0 Å². The number of aromatic nitrogens is 6. The van der Waals surface area contributed by atoms with E-state index in [0.717, 1.165) is 34.8 Å². The number of nitriles is 1. The van der Waals surface area contributed by atoms with E-state index in [0.29, 0.717) is 50.8 Å². The van der Waals surface area contributed by atoms with Crippen molar-refractivity contribution in [3.05, 3.63) is 54.4 Å². The van der Waals surface area contributed by atoms with Crippen molar-refractivity contribution in [2.75, 3.05) is 13.1 Å². The first-order chi connectivity index (χ1) is 21.2. The Morgan fingerprint density at radius 3 is 2.80 bits per heavy atom. The zero-order valence-corrected chi connectivity index (χ0v) is 24.6. The van der Waals surface area contributed by atoms with Gasteiger partial charge in [0.05, 0.1) is 24.1 Å². The van der Waals surface area contributed by atoms with Gasteiger partial charge in [0.25, 0.3) is 0 Å². The van der Waals surface area contributed by atoms with Crippen molar-refractivity contribution < 1.29 is 23.0 Å². The Balaban J connectivity index is 1.39. The number of nitrogens with zero attached hydrogens (tertiary/aromatic N) is 6. The van der Waals surface area contributed by atoms with E-state index < -0.39 is 24.1 Å². The molecule has 0 fully saturated rings. The van der Waals surface area contributed by atoms with Crippen molar-refractivity contribution in [2.45, 2.75) is 76.9 Å². The minimum Gasteiger partial charge on any atom is -0.474 e. The smallest absolute Gasteiger partial charge is 0.433 e. The molecule has 0 aromatic carbocycles. The molecule has 0 amide bonds. The van der Waals surface area contributed by atoms with Crippen molar-refractivity contribution in [1.29, 1.82) is 5.26 Å². The highest BCUT2D eigenvalue weighted by Crippen LogP contribution is 2.31. The second kappa shape index (κ2) is 15.6. The molecule has 4 heterocycles. The first-order valence-electron chi connectivity index (χ1n) is 14.7. The predicted octanol–water partition coefficient (Wildman–Crippen LogP) is 4.59. The van der Waals surface area contributed by atoms with E-state index in [1.807, 2.05) is 23.1 Å². The molecule has 5 N–H and O–H groups in total. The van der Waals surface area contributed by atoms with Gasteiger partial charge in [-0.25, -0.2) is 15.0 Å². The van der Waals surface area contributed by atoms with Crippen LogP contribution in [0.1, 0.15) is 56.7 Å². The molecule has 4 aromatic heterocycles. The third-order valence-corrected chi connectivity index (χ3v) is 7.21. The van der Waals surface area contributed by atoms with Crippen LogP contribution >= 0.6 is 0 Å². The zero-order valence-electron chi connectivity index (χ0n) is 24.6. The Hall–Kier alpha value is -4.06. The fourth-order valence-electron chi connectivity index (χ4n) is 5.09. The van der Waals surface area contributed by atoms with Crippen molar-refractivity contribution in [2.24, 2.45) is 11.7 Å². The Labute approximate surface area is 253 Å². The van der Waals surface area contributed by atoms with Crippen LogP contribution in [0.3, 0.4) is 0 Å². The van der Waals surface area contributed by atoms with Gasteiger partial charge in [-0.3, -0.25) is 4.68 Å². The predicted molar refractivity (Wildman–Crippen MR) is 158 cm³/mol. The second-order valence-corrected chi connectivity index (χ2v) is 10.9. The van der Waals surface area contributed by atoms with Gasteiger partial charge in [-0.15, -0.1) is 0 Å². The van der Waals surface area contributed by atoms with Gasteiger partial charge in [0, 0.05) is 55.5 Å². The summed E-state index contributed by atoms with van der Waals surface area (Å²) in [6.45, 7) is 2.85. The lowest BCUT2D eigenvalue weighted by Gasteiger charge is -2.21. The number of nitrogens with one attached hydrogen (secondary N) is 2. The normalized spacial score (nSPS) is 13.9. The maximum absolute atomic E-state index is 13.6. The third kappa shape index (κ3) is 9.47. The van der Waals surface area contributed by atoms with Crippen LogP contribution in [-0.4, -0.2) is 60.1 Å². The van der Waals surface area contributed by atoms with E-state index >= 15 is 0 Å². The lowest BCUT2D eigenvalue weighted by Crippen LogP contribution is -2.25. The van der Waals surface area contributed by atoms with E-state index in [1.54, 1.807) is 13.1 Å². The molecule has 236 valence electrons. The molecule has 0 saturated heterocycles. The van der Waals surface area contributed by atoms with Gasteiger partial charge in [0.1, 0.15) is 23.8 Å². The van der Waals surface area contributed by atoms with E-state index in [2.05, 4.69) is 36.4 Å². The molecule has 0 spiro atoms. The number of pyridine rings is 1. The quantitative estimate of drug-likeness (QED) is 0.133. The summed E-state index contributed by atoms with van der Waals surface area (Å²) in [5.74, 6) is 0.0374. The summed E-state index contributed by atoms with van der Waals surface area (Å²) >= 11 is 0. The number of halogens is 3. The maximum atomic E-state index is 13.6. The number of aliphatic hydroxyl groups excluding tert-OH is 1. The second-order valence-electron chi connectivity index (χ2n) is 10.9. The molecule has 0 aliphatic rings. The number of aliphatic hydroxyl groups is 1. The van der Waals surface area contributed by atoms with E-state index in [-0.39, 0.29) is 24.9 Å². The molecule has 14 heteroatoms. The highest BCUT2D eigenvalue weighted by molar-refractivity contribution is 5.89. The van der Waals surface area contributed by atoms with Gasteiger partial charge in [-0.05, 0) is 69.2 Å². The van der Waals surface area contributed by atoms with Crippen LogP contribution < -0.4 is 15.8 Å². The Kier molecular flexibility index (Phi) is 11.6. The fraction of sp³-hybridized carbons (Fsp3) is 0.500. The number of ether oxygens (including phenoxy) is 1. The number of fused-ring (bicyclic) bond motifs is 1. The molecule has 4 rings (SSSR count). The zero-order chi connectivity index (χ0) is 31.5. The van der Waals surface area contributed by atoms with Crippen LogP contribution in [0.2, 0.25) is 0 Å². The van der Waals surface area contributed by atoms with Crippen molar-refractivity contribution >= 4 is 11.0 Å². The number of nitrogens with two attached hydrogens (primary N) is 1. The Bertz CT molecular complexity index is 1510. The third-order valence-electron chi connectivity index (χ3n) is 7.21. The highest BCUT2D eigenvalue weighted by atomic mass is 19.4. The Morgan fingerprint density at radius 1 is 1.20 bits per heavy atom. The van der Waals surface area contributed by atoms with Crippen LogP contribution in [0.15, 0.2) is 43.1 Å². The Morgan fingerprint density at radius 2 is 2.05 bits per heavy atom. The van der Waals surface area contributed by atoms with Crippen LogP contribution in [0.4, 0.5) is 13.2 Å². The fourth-order valence-corrected chi connectivity index (χ4v) is 5.09. The molecule has 1 unspecified atom stereocenters. The molecule has 0 bridgehead atoms. The van der Waals surface area contributed by atoms with Crippen LogP contribution in [-0.2, 0) is 19.3 Å². The minimum absolute atomic E-state index is 0.113. The molecule has 11 nitrogen and oxygen atoms in total. The molecular weight excluding hydrogens is 575 g/mol. The van der Waals surface area contributed by atoms with Gasteiger partial charge < -0.3 is 25.9 Å². The van der Waals surface area contributed by atoms with Crippen molar-refractivity contribution in [1.82, 2.24) is 35.0 Å². The molecule has 0 radical (unpaired) electrons. The summed E-state index contributed by atoms with van der Waals surface area (Å²) in [4.78, 5) is 15.5. The number of H-pyrrole nitrogens is 1. The van der Waals surface area contributed by atoms with Gasteiger partial charge >= 0.3 is 6.18 Å². The summed E-state index contributed by atoms with van der Waals surface area (Å²) in [7, 11) is 0. The van der Waals surface area contributed by atoms with Crippen LogP contribution in [0, 0.1) is 17.2 Å². The van der Waals surface area contributed by atoms with E-state index in [4.69, 9.17) is 10.5 Å². The molecular formula is C30H38F3N9O2. The molecule has 0 saturated carbocycles. The topological polar surface area (TPSA) is 164 Å². The minimum atomic E-state index is -4.64. The van der Waals surface area contributed by atoms with Crippen LogP contribution in [0.25, 0.3) is 22.3 Å². The molecule has 0 aliphatic carbocycles. The number of hydrogen-bond donors (Lipinski definition) is 4. The maximum Gasteiger partial charge on any atom is 0.433 e. The lowest BCUT2D eigenvalue weighted by molar-refractivity contribution is -0.141.